The van der Waals surface area contributed by atoms with E-state index in [4.69, 9.17) is 17.5 Å². The summed E-state index contributed by atoms with van der Waals surface area (Å²) < 4.78 is 34.1. The topological polar surface area (TPSA) is 136 Å². The summed E-state index contributed by atoms with van der Waals surface area (Å²) in [4.78, 5) is 0. The second kappa shape index (κ2) is 7.67. The van der Waals surface area contributed by atoms with E-state index in [-0.39, 0.29) is 0 Å². The van der Waals surface area contributed by atoms with Gasteiger partial charge in [0, 0.05) is 21.5 Å². The van der Waals surface area contributed by atoms with Crippen LogP contribution in [0, 0.1) is 0 Å². The van der Waals surface area contributed by atoms with Crippen molar-refractivity contribution in [2.45, 2.75) is 0 Å². The molecule has 2 aromatic rings. The summed E-state index contributed by atoms with van der Waals surface area (Å²) in [6.45, 7) is 0. The molecule has 21 heavy (non-hydrogen) atoms. The second-order valence-electron chi connectivity index (χ2n) is 4.14. The van der Waals surface area contributed by atoms with Crippen LogP contribution in [0.5, 0.6) is 0 Å². The maximum absolute atomic E-state index is 8.52. The first-order valence-corrected chi connectivity index (χ1v) is 7.27. The van der Waals surface area contributed by atoms with Gasteiger partial charge in [-0.1, -0.05) is 24.3 Å². The molecule has 7 heteroatoms. The lowest BCUT2D eigenvalue weighted by Gasteiger charge is -2.06. The summed E-state index contributed by atoms with van der Waals surface area (Å²) in [5, 5.41) is 0. The lowest BCUT2D eigenvalue weighted by molar-refractivity contribution is -0.255. The molecule has 6 nitrogen and oxygen atoms in total. The van der Waals surface area contributed by atoms with E-state index >= 15 is 0 Å². The van der Waals surface area contributed by atoms with Crippen LogP contribution >= 0.6 is 0 Å². The normalized spacial score (nSPS) is 11.0. The van der Waals surface area contributed by atoms with Gasteiger partial charge in [0.05, 0.1) is 0 Å². The summed E-state index contributed by atoms with van der Waals surface area (Å²) in [5.74, 6) is 0. The van der Waals surface area contributed by atoms with E-state index in [1.807, 2.05) is 36.4 Å². The molecule has 0 saturated heterocycles. The van der Waals surface area contributed by atoms with Gasteiger partial charge in [0.1, 0.15) is 11.4 Å². The second-order valence-corrected chi connectivity index (χ2v) is 4.96. The SMILES string of the molecule is O=S(=O)([O-])[O-].[NH3+]c1ccccc1/C=C/c1ccccc1[NH3+]. The molecule has 0 spiro atoms. The molecule has 0 radical (unpaired) electrons. The molecular weight excluding hydrogens is 292 g/mol. The quantitative estimate of drug-likeness (QED) is 0.467. The molecule has 0 heterocycles. The Hall–Kier alpha value is -2.03. The first kappa shape index (κ1) is 17.0. The summed E-state index contributed by atoms with van der Waals surface area (Å²) in [6.07, 6.45) is 4.15. The molecule has 2 aromatic carbocycles. The van der Waals surface area contributed by atoms with E-state index in [0.29, 0.717) is 0 Å². The molecule has 0 atom stereocenters. The van der Waals surface area contributed by atoms with Crippen molar-refractivity contribution in [1.82, 2.24) is 0 Å². The van der Waals surface area contributed by atoms with E-state index in [0.717, 1.165) is 22.5 Å². The summed E-state index contributed by atoms with van der Waals surface area (Å²) in [7, 11) is -5.17. The molecule has 0 amide bonds. The summed E-state index contributed by atoms with van der Waals surface area (Å²) in [5.41, 5.74) is 12.3. The standard InChI is InChI=1S/C14H14N2.H2O4S/c15-13-7-3-1-5-11(13)9-10-12-6-2-4-8-14(12)16;1-5(2,3)4/h1-10H,15-16H2;(H2,1,2,3,4)/b10-9+;. The van der Waals surface area contributed by atoms with Crippen LogP contribution in [-0.2, 0) is 10.4 Å². The minimum Gasteiger partial charge on any atom is -0.759 e. The van der Waals surface area contributed by atoms with Gasteiger partial charge in [0.15, 0.2) is 0 Å². The average Bonchev–Trinajstić information content (AvgIpc) is 2.37. The zero-order chi connectivity index (χ0) is 15.9. The van der Waals surface area contributed by atoms with Crippen molar-refractivity contribution in [1.29, 1.82) is 0 Å². The Labute approximate surface area is 123 Å². The molecule has 6 N–H and O–H groups in total. The molecule has 2 rings (SSSR count). The maximum Gasteiger partial charge on any atom is 0.135 e. The van der Waals surface area contributed by atoms with Crippen molar-refractivity contribution in [2.75, 3.05) is 0 Å². The Morgan fingerprint density at radius 1 is 0.762 bits per heavy atom. The minimum absolute atomic E-state index is 1.04. The van der Waals surface area contributed by atoms with Crippen molar-refractivity contribution in [3.8, 4) is 0 Å². The Morgan fingerprint density at radius 2 is 1.05 bits per heavy atom. The highest BCUT2D eigenvalue weighted by atomic mass is 32.3. The Morgan fingerprint density at radius 3 is 1.33 bits per heavy atom. The summed E-state index contributed by atoms with van der Waals surface area (Å²) in [6, 6.07) is 16.2. The van der Waals surface area contributed by atoms with Crippen LogP contribution in [0.1, 0.15) is 11.1 Å². The molecule has 0 aliphatic rings. The first-order valence-electron chi connectivity index (χ1n) is 5.94. The van der Waals surface area contributed by atoms with Gasteiger partial charge >= 0.3 is 0 Å². The first-order chi connectivity index (χ1) is 9.77. The van der Waals surface area contributed by atoms with E-state index < -0.39 is 10.4 Å². The fraction of sp³-hybridized carbons (Fsp3) is 0. The average molecular weight is 308 g/mol. The van der Waals surface area contributed by atoms with Crippen LogP contribution in [0.3, 0.4) is 0 Å². The molecule has 0 aliphatic carbocycles. The number of hydrogen-bond acceptors (Lipinski definition) is 4. The third-order valence-electron chi connectivity index (χ3n) is 2.55. The third-order valence-corrected chi connectivity index (χ3v) is 2.55. The minimum atomic E-state index is -5.17. The summed E-state index contributed by atoms with van der Waals surface area (Å²) >= 11 is 0. The van der Waals surface area contributed by atoms with Gasteiger partial charge in [0.2, 0.25) is 0 Å². The molecular formula is C14H16N2O4S. The van der Waals surface area contributed by atoms with Gasteiger partial charge in [-0.25, -0.2) is 0 Å². The largest absolute Gasteiger partial charge is 0.759 e. The van der Waals surface area contributed by atoms with Crippen molar-refractivity contribution in [2.24, 2.45) is 0 Å². The van der Waals surface area contributed by atoms with Crippen LogP contribution in [0.2, 0.25) is 0 Å². The predicted octanol–water partition coefficient (Wildman–Crippen LogP) is 0.266. The smallest absolute Gasteiger partial charge is 0.135 e. The van der Waals surface area contributed by atoms with E-state index in [1.54, 1.807) is 0 Å². The number of rotatable bonds is 2. The Balaban J connectivity index is 0.000000383. The van der Waals surface area contributed by atoms with Crippen LogP contribution in [-0.4, -0.2) is 17.5 Å². The zero-order valence-electron chi connectivity index (χ0n) is 11.2. The Bertz CT molecular complexity index is 672. The van der Waals surface area contributed by atoms with Gasteiger partial charge in [-0.3, -0.25) is 8.42 Å². The van der Waals surface area contributed by atoms with Gasteiger partial charge in [0.25, 0.3) is 0 Å². The monoisotopic (exact) mass is 308 g/mol. The van der Waals surface area contributed by atoms with Crippen LogP contribution in [0.4, 0.5) is 11.4 Å². The van der Waals surface area contributed by atoms with Crippen molar-refractivity contribution in [3.05, 3.63) is 59.7 Å². The van der Waals surface area contributed by atoms with Crippen molar-refractivity contribution >= 4 is 33.9 Å². The third kappa shape index (κ3) is 7.35. The highest BCUT2D eigenvalue weighted by molar-refractivity contribution is 7.79. The zero-order valence-corrected chi connectivity index (χ0v) is 12.0. The maximum atomic E-state index is 8.52. The molecule has 0 fully saturated rings. The molecule has 0 unspecified atom stereocenters. The fourth-order valence-electron chi connectivity index (χ4n) is 1.57. The molecule has 0 aromatic heterocycles. The van der Waals surface area contributed by atoms with Crippen LogP contribution in [0.15, 0.2) is 48.5 Å². The van der Waals surface area contributed by atoms with Gasteiger partial charge in [-0.15, -0.1) is 0 Å². The van der Waals surface area contributed by atoms with Gasteiger partial charge in [-0.2, -0.15) is 0 Å². The van der Waals surface area contributed by atoms with Crippen molar-refractivity contribution < 1.29 is 29.0 Å². The molecule has 112 valence electrons. The number of quaternary nitrogens is 2. The predicted molar refractivity (Wildman–Crippen MR) is 77.4 cm³/mol. The lowest BCUT2D eigenvalue weighted by Crippen LogP contribution is -2.41. The van der Waals surface area contributed by atoms with Gasteiger partial charge < -0.3 is 20.6 Å². The van der Waals surface area contributed by atoms with Gasteiger partial charge in [-0.05, 0) is 36.4 Å². The van der Waals surface area contributed by atoms with E-state index in [9.17, 15) is 0 Å². The van der Waals surface area contributed by atoms with Crippen molar-refractivity contribution in [3.63, 3.8) is 0 Å². The highest BCUT2D eigenvalue weighted by Gasteiger charge is 1.98. The molecule has 0 aliphatic heterocycles. The van der Waals surface area contributed by atoms with E-state index in [2.05, 4.69) is 35.8 Å². The van der Waals surface area contributed by atoms with E-state index in [1.165, 1.54) is 0 Å². The highest BCUT2D eigenvalue weighted by Crippen LogP contribution is 2.16. The number of benzene rings is 2. The molecule has 0 saturated carbocycles. The Kier molecular flexibility index (Phi) is 6.22. The number of hydrogen-bond donors (Lipinski definition) is 2. The van der Waals surface area contributed by atoms with Crippen LogP contribution in [0.25, 0.3) is 12.2 Å². The van der Waals surface area contributed by atoms with Crippen LogP contribution < -0.4 is 11.5 Å². The molecule has 0 bridgehead atoms. The lowest BCUT2D eigenvalue weighted by atomic mass is 10.1. The fourth-order valence-corrected chi connectivity index (χ4v) is 1.57.